The number of aliphatic hydroxyl groups is 4. The molecule has 9 heteroatoms. The van der Waals surface area contributed by atoms with Crippen molar-refractivity contribution in [2.75, 3.05) is 20.8 Å². The lowest BCUT2D eigenvalue weighted by Crippen LogP contribution is -2.66. The number of hydrogen-bond donors (Lipinski definition) is 5. The van der Waals surface area contributed by atoms with E-state index in [4.69, 9.17) is 14.2 Å². The summed E-state index contributed by atoms with van der Waals surface area (Å²) in [7, 11) is 3.01. The van der Waals surface area contributed by atoms with Gasteiger partial charge in [-0.2, -0.15) is 0 Å². The summed E-state index contributed by atoms with van der Waals surface area (Å²) in [5.41, 5.74) is 0.102. The number of benzene rings is 2. The minimum atomic E-state index is -1.95. The molecule has 9 nitrogen and oxygen atoms in total. The van der Waals surface area contributed by atoms with Gasteiger partial charge in [-0.1, -0.05) is 18.2 Å². The van der Waals surface area contributed by atoms with Gasteiger partial charge in [0.2, 0.25) is 6.29 Å². The van der Waals surface area contributed by atoms with Gasteiger partial charge in [0.05, 0.1) is 13.7 Å². The molecule has 0 spiro atoms. The number of nitrogens with one attached hydrogen (secondary N) is 1. The number of hydrogen-bond acceptors (Lipinski definition) is 8. The van der Waals surface area contributed by atoms with Crippen molar-refractivity contribution < 1.29 is 39.4 Å². The molecule has 31 heavy (non-hydrogen) atoms. The van der Waals surface area contributed by atoms with E-state index in [1.807, 2.05) is 6.07 Å². The number of methoxy groups -OCH3 is 1. The largest absolute Gasteiger partial charge is 0.493 e. The maximum atomic E-state index is 11.9. The standard InChI is InChI=1S/C22H27NO8/c1-22(28)19(26)18(25)17(11-24)31-21(22)30-15-8-7-13(10-16(15)29-3)12-5-4-6-14(9-12)20(27)23-2/h4-10,17-19,21,24-26,28H,11H2,1-3H3,(H,23,27)/t17?,18-,19+,21+,22+/m1/s1. The Labute approximate surface area is 179 Å². The van der Waals surface area contributed by atoms with Crippen molar-refractivity contribution in [2.45, 2.75) is 37.1 Å². The van der Waals surface area contributed by atoms with Crippen LogP contribution in [0.2, 0.25) is 0 Å². The van der Waals surface area contributed by atoms with Crippen molar-refractivity contribution in [1.29, 1.82) is 0 Å². The molecule has 0 bridgehead atoms. The van der Waals surface area contributed by atoms with Crippen LogP contribution in [0.4, 0.5) is 0 Å². The van der Waals surface area contributed by atoms with E-state index in [0.717, 1.165) is 11.1 Å². The lowest BCUT2D eigenvalue weighted by Gasteiger charge is -2.45. The van der Waals surface area contributed by atoms with Crippen molar-refractivity contribution in [1.82, 2.24) is 5.32 Å². The molecule has 1 saturated heterocycles. The molecule has 5 N–H and O–H groups in total. The van der Waals surface area contributed by atoms with Gasteiger partial charge in [-0.3, -0.25) is 4.79 Å². The molecule has 1 amide bonds. The first-order valence-electron chi connectivity index (χ1n) is 9.75. The van der Waals surface area contributed by atoms with Crippen LogP contribution in [0.1, 0.15) is 17.3 Å². The number of amides is 1. The zero-order valence-corrected chi connectivity index (χ0v) is 17.5. The second-order valence-corrected chi connectivity index (χ2v) is 7.49. The lowest BCUT2D eigenvalue weighted by atomic mass is 9.88. The second-order valence-electron chi connectivity index (χ2n) is 7.49. The Bertz CT molecular complexity index is 931. The Balaban J connectivity index is 1.89. The summed E-state index contributed by atoms with van der Waals surface area (Å²) >= 11 is 0. The first-order valence-corrected chi connectivity index (χ1v) is 9.75. The van der Waals surface area contributed by atoms with Gasteiger partial charge in [0.25, 0.3) is 5.91 Å². The Morgan fingerprint density at radius 3 is 2.52 bits per heavy atom. The summed E-state index contributed by atoms with van der Waals surface area (Å²) in [6.45, 7) is 0.705. The average molecular weight is 433 g/mol. The number of aliphatic hydroxyl groups excluding tert-OH is 3. The van der Waals surface area contributed by atoms with E-state index in [0.29, 0.717) is 11.3 Å². The van der Waals surface area contributed by atoms with Crippen molar-refractivity contribution in [3.63, 3.8) is 0 Å². The molecule has 1 aliphatic rings. The van der Waals surface area contributed by atoms with Crippen LogP contribution in [0.25, 0.3) is 11.1 Å². The van der Waals surface area contributed by atoms with Gasteiger partial charge in [0.15, 0.2) is 17.1 Å². The van der Waals surface area contributed by atoms with E-state index in [-0.39, 0.29) is 11.7 Å². The first kappa shape index (κ1) is 23.0. The molecule has 0 saturated carbocycles. The highest BCUT2D eigenvalue weighted by Gasteiger charge is 2.53. The zero-order valence-electron chi connectivity index (χ0n) is 17.5. The van der Waals surface area contributed by atoms with Crippen molar-refractivity contribution >= 4 is 5.91 Å². The van der Waals surface area contributed by atoms with Crippen LogP contribution in [0.5, 0.6) is 11.5 Å². The normalized spacial score (nSPS) is 28.1. The lowest BCUT2D eigenvalue weighted by molar-refractivity contribution is -0.315. The Hall–Kier alpha value is -2.69. The topological polar surface area (TPSA) is 138 Å². The van der Waals surface area contributed by atoms with Crippen LogP contribution >= 0.6 is 0 Å². The molecule has 3 rings (SSSR count). The molecule has 168 valence electrons. The highest BCUT2D eigenvalue weighted by Crippen LogP contribution is 2.37. The van der Waals surface area contributed by atoms with E-state index in [9.17, 15) is 25.2 Å². The Morgan fingerprint density at radius 2 is 1.87 bits per heavy atom. The third-order valence-corrected chi connectivity index (χ3v) is 5.34. The summed E-state index contributed by atoms with van der Waals surface area (Å²) in [5.74, 6) is 0.340. The van der Waals surface area contributed by atoms with Crippen LogP contribution in [-0.2, 0) is 4.74 Å². The third kappa shape index (κ3) is 4.51. The van der Waals surface area contributed by atoms with Gasteiger partial charge in [0.1, 0.15) is 18.3 Å². The van der Waals surface area contributed by atoms with Crippen molar-refractivity contribution in [2.24, 2.45) is 0 Å². The van der Waals surface area contributed by atoms with E-state index in [2.05, 4.69) is 5.32 Å². The monoisotopic (exact) mass is 433 g/mol. The fourth-order valence-electron chi connectivity index (χ4n) is 3.41. The molecular formula is C22H27NO8. The van der Waals surface area contributed by atoms with Crippen LogP contribution in [0, 0.1) is 0 Å². The smallest absolute Gasteiger partial charge is 0.251 e. The predicted molar refractivity (Wildman–Crippen MR) is 111 cm³/mol. The number of ether oxygens (including phenoxy) is 3. The SMILES string of the molecule is CNC(=O)c1cccc(-c2ccc(O[C@H]3OC(CO)[C@@H](O)[C@H](O)[C@]3(C)O)c(OC)c2)c1. The third-order valence-electron chi connectivity index (χ3n) is 5.34. The second kappa shape index (κ2) is 9.21. The first-order chi connectivity index (χ1) is 14.7. The summed E-state index contributed by atoms with van der Waals surface area (Å²) in [4.78, 5) is 11.9. The molecule has 2 aromatic carbocycles. The highest BCUT2D eigenvalue weighted by atomic mass is 16.7. The maximum absolute atomic E-state index is 11.9. The number of rotatable bonds is 6. The quantitative estimate of drug-likeness (QED) is 0.438. The van der Waals surface area contributed by atoms with Crippen molar-refractivity contribution in [3.05, 3.63) is 48.0 Å². The zero-order chi connectivity index (χ0) is 22.8. The van der Waals surface area contributed by atoms with Gasteiger partial charge in [-0.05, 0) is 42.3 Å². The summed E-state index contributed by atoms with van der Waals surface area (Å²) in [6, 6.07) is 12.1. The number of carbonyl (C=O) groups is 1. The van der Waals surface area contributed by atoms with Gasteiger partial charge < -0.3 is 40.0 Å². The van der Waals surface area contributed by atoms with Gasteiger partial charge in [-0.15, -0.1) is 0 Å². The Kier molecular flexibility index (Phi) is 6.83. The predicted octanol–water partition coefficient (Wildman–Crippen LogP) is 0.291. The summed E-state index contributed by atoms with van der Waals surface area (Å²) in [6.07, 6.45) is -5.57. The molecule has 5 atom stereocenters. The average Bonchev–Trinajstić information content (AvgIpc) is 2.79. The minimum Gasteiger partial charge on any atom is -0.493 e. The number of carbonyl (C=O) groups excluding carboxylic acids is 1. The Morgan fingerprint density at radius 1 is 1.16 bits per heavy atom. The maximum Gasteiger partial charge on any atom is 0.251 e. The molecule has 2 aromatic rings. The minimum absolute atomic E-state index is 0.204. The fourth-order valence-corrected chi connectivity index (χ4v) is 3.41. The van der Waals surface area contributed by atoms with Crippen LogP contribution in [0.15, 0.2) is 42.5 Å². The summed E-state index contributed by atoms with van der Waals surface area (Å²) < 4.78 is 16.7. The molecule has 0 aliphatic carbocycles. The van der Waals surface area contributed by atoms with Crippen LogP contribution in [0.3, 0.4) is 0 Å². The molecule has 1 fully saturated rings. The van der Waals surface area contributed by atoms with Gasteiger partial charge >= 0.3 is 0 Å². The molecular weight excluding hydrogens is 406 g/mol. The molecule has 1 heterocycles. The van der Waals surface area contributed by atoms with E-state index in [1.165, 1.54) is 14.0 Å². The van der Waals surface area contributed by atoms with E-state index < -0.39 is 36.8 Å². The molecule has 1 aliphatic heterocycles. The molecule has 0 aromatic heterocycles. The molecule has 1 unspecified atom stereocenters. The van der Waals surface area contributed by atoms with Gasteiger partial charge in [-0.25, -0.2) is 0 Å². The van der Waals surface area contributed by atoms with Gasteiger partial charge in [0, 0.05) is 12.6 Å². The summed E-state index contributed by atoms with van der Waals surface area (Å²) in [5, 5.41) is 42.8. The van der Waals surface area contributed by atoms with Crippen molar-refractivity contribution in [3.8, 4) is 22.6 Å². The van der Waals surface area contributed by atoms with Crippen LogP contribution in [-0.4, -0.2) is 77.3 Å². The molecule has 0 radical (unpaired) electrons. The fraction of sp³-hybridized carbons (Fsp3) is 0.409. The van der Waals surface area contributed by atoms with E-state index >= 15 is 0 Å². The highest BCUT2D eigenvalue weighted by molar-refractivity contribution is 5.95. The van der Waals surface area contributed by atoms with E-state index in [1.54, 1.807) is 43.4 Å². The van der Waals surface area contributed by atoms with Crippen LogP contribution < -0.4 is 14.8 Å².